The summed E-state index contributed by atoms with van der Waals surface area (Å²) in [6.45, 7) is -0.210. The highest BCUT2D eigenvalue weighted by Crippen LogP contribution is 2.30. The van der Waals surface area contributed by atoms with Crippen LogP contribution in [0.15, 0.2) is 84.4 Å². The minimum Gasteiger partial charge on any atom is -0.493 e. The molecule has 0 aromatic heterocycles. The Morgan fingerprint density at radius 2 is 1.67 bits per heavy atom. The monoisotopic (exact) mass is 443 g/mol. The van der Waals surface area contributed by atoms with Crippen LogP contribution in [0.4, 0.5) is 11.4 Å². The predicted octanol–water partition coefficient (Wildman–Crippen LogP) is 3.17. The molecule has 3 amide bonds. The van der Waals surface area contributed by atoms with E-state index in [0.29, 0.717) is 28.4 Å². The van der Waals surface area contributed by atoms with Crippen LogP contribution in [0.5, 0.6) is 11.5 Å². The molecular formula is C25H21N3O5. The van der Waals surface area contributed by atoms with Crippen LogP contribution in [0.25, 0.3) is 6.08 Å². The summed E-state index contributed by atoms with van der Waals surface area (Å²) in [6, 6.07) is 22.8. The maximum Gasteiger partial charge on any atom is 0.282 e. The topological polar surface area (TPSA) is 97.0 Å². The number of nitrogens with one attached hydrogen (secondary N) is 2. The van der Waals surface area contributed by atoms with Crippen LogP contribution in [0.3, 0.4) is 0 Å². The Morgan fingerprint density at radius 1 is 0.970 bits per heavy atom. The zero-order valence-electron chi connectivity index (χ0n) is 17.8. The van der Waals surface area contributed by atoms with Crippen molar-refractivity contribution in [3.8, 4) is 11.5 Å². The van der Waals surface area contributed by atoms with E-state index in [9.17, 15) is 14.4 Å². The average Bonchev–Trinajstić information content (AvgIpc) is 3.12. The first-order valence-corrected chi connectivity index (χ1v) is 10.1. The molecule has 0 aliphatic carbocycles. The predicted molar refractivity (Wildman–Crippen MR) is 124 cm³/mol. The number of hydrogen-bond donors (Lipinski definition) is 2. The van der Waals surface area contributed by atoms with Gasteiger partial charge < -0.3 is 14.8 Å². The quantitative estimate of drug-likeness (QED) is 0.432. The molecule has 1 heterocycles. The van der Waals surface area contributed by atoms with Crippen LogP contribution < -0.4 is 25.2 Å². The Balaban J connectivity index is 1.46. The molecule has 1 aliphatic rings. The SMILES string of the molecule is COc1cc(C=C2C(=O)NN(c3ccccc3)C2=O)ccc1OCC(=O)Nc1ccccc1. The molecule has 1 saturated heterocycles. The molecule has 8 heteroatoms. The van der Waals surface area contributed by atoms with Gasteiger partial charge in [0.25, 0.3) is 17.7 Å². The molecule has 0 spiro atoms. The molecule has 0 radical (unpaired) electrons. The lowest BCUT2D eigenvalue weighted by molar-refractivity contribution is -0.118. The normalized spacial score (nSPS) is 14.2. The van der Waals surface area contributed by atoms with Crippen molar-refractivity contribution in [3.05, 3.63) is 90.0 Å². The average molecular weight is 443 g/mol. The highest BCUT2D eigenvalue weighted by atomic mass is 16.5. The Kier molecular flexibility index (Phi) is 6.36. The molecule has 0 saturated carbocycles. The lowest BCUT2D eigenvalue weighted by Gasteiger charge is -2.14. The minimum absolute atomic E-state index is 0.00295. The van der Waals surface area contributed by atoms with Gasteiger partial charge in [0.15, 0.2) is 18.1 Å². The van der Waals surface area contributed by atoms with Gasteiger partial charge in [0.05, 0.1) is 12.8 Å². The summed E-state index contributed by atoms with van der Waals surface area (Å²) >= 11 is 0. The molecule has 1 fully saturated rings. The summed E-state index contributed by atoms with van der Waals surface area (Å²) in [7, 11) is 1.47. The van der Waals surface area contributed by atoms with Crippen LogP contribution >= 0.6 is 0 Å². The second kappa shape index (κ2) is 9.69. The van der Waals surface area contributed by atoms with Gasteiger partial charge in [-0.1, -0.05) is 42.5 Å². The van der Waals surface area contributed by atoms with Crippen LogP contribution in [0.2, 0.25) is 0 Å². The number of anilines is 2. The molecule has 1 aliphatic heterocycles. The first-order chi connectivity index (χ1) is 16.0. The molecule has 3 aromatic rings. The molecular weight excluding hydrogens is 422 g/mol. The van der Waals surface area contributed by atoms with Crippen LogP contribution in [-0.4, -0.2) is 31.4 Å². The number of carbonyl (C=O) groups excluding carboxylic acids is 3. The summed E-state index contributed by atoms with van der Waals surface area (Å²) < 4.78 is 11.0. The maximum absolute atomic E-state index is 12.7. The van der Waals surface area contributed by atoms with E-state index < -0.39 is 11.8 Å². The number of carbonyl (C=O) groups is 3. The fourth-order valence-corrected chi connectivity index (χ4v) is 3.24. The zero-order valence-corrected chi connectivity index (χ0v) is 17.8. The Hall–Kier alpha value is -4.59. The first kappa shape index (κ1) is 21.6. The number of rotatable bonds is 7. The zero-order chi connectivity index (χ0) is 23.2. The third-order valence-electron chi connectivity index (χ3n) is 4.82. The Bertz CT molecular complexity index is 1210. The van der Waals surface area contributed by atoms with Crippen LogP contribution in [0, 0.1) is 0 Å². The Labute approximate surface area is 190 Å². The van der Waals surface area contributed by atoms with E-state index in [0.717, 1.165) is 0 Å². The van der Waals surface area contributed by atoms with E-state index in [4.69, 9.17) is 9.47 Å². The van der Waals surface area contributed by atoms with Crippen molar-refractivity contribution in [1.82, 2.24) is 5.43 Å². The number of ether oxygens (including phenoxy) is 2. The number of hydrazine groups is 1. The molecule has 0 unspecified atom stereocenters. The van der Waals surface area contributed by atoms with Crippen LogP contribution in [0.1, 0.15) is 5.56 Å². The first-order valence-electron chi connectivity index (χ1n) is 10.1. The number of amides is 3. The third kappa shape index (κ3) is 5.01. The molecule has 0 bridgehead atoms. The molecule has 2 N–H and O–H groups in total. The third-order valence-corrected chi connectivity index (χ3v) is 4.82. The van der Waals surface area contributed by atoms with Crippen molar-refractivity contribution in [3.63, 3.8) is 0 Å². The summed E-state index contributed by atoms with van der Waals surface area (Å²) in [4.78, 5) is 37.3. The van der Waals surface area contributed by atoms with Gasteiger partial charge in [0.1, 0.15) is 5.57 Å². The minimum atomic E-state index is -0.499. The van der Waals surface area contributed by atoms with Gasteiger partial charge in [-0.3, -0.25) is 19.8 Å². The van der Waals surface area contributed by atoms with Crippen LogP contribution in [-0.2, 0) is 14.4 Å². The van der Waals surface area contributed by atoms with Gasteiger partial charge in [-0.2, -0.15) is 0 Å². The van der Waals surface area contributed by atoms with Gasteiger partial charge in [0, 0.05) is 5.69 Å². The number of methoxy groups -OCH3 is 1. The van der Waals surface area contributed by atoms with Crippen molar-refractivity contribution in [2.45, 2.75) is 0 Å². The van der Waals surface area contributed by atoms with E-state index in [-0.39, 0.29) is 18.1 Å². The number of hydrogen-bond acceptors (Lipinski definition) is 5. The second-order valence-electron chi connectivity index (χ2n) is 7.09. The summed E-state index contributed by atoms with van der Waals surface area (Å²) in [5, 5.41) is 3.94. The Morgan fingerprint density at radius 3 is 2.36 bits per heavy atom. The smallest absolute Gasteiger partial charge is 0.282 e. The van der Waals surface area contributed by atoms with Gasteiger partial charge in [-0.15, -0.1) is 0 Å². The molecule has 33 heavy (non-hydrogen) atoms. The summed E-state index contributed by atoms with van der Waals surface area (Å²) in [5.74, 6) is -0.550. The van der Waals surface area contributed by atoms with Gasteiger partial charge in [-0.25, -0.2) is 5.01 Å². The highest BCUT2D eigenvalue weighted by Gasteiger charge is 2.34. The van der Waals surface area contributed by atoms with E-state index in [1.807, 2.05) is 24.3 Å². The number of para-hydroxylation sites is 2. The van der Waals surface area contributed by atoms with Crippen molar-refractivity contribution in [2.75, 3.05) is 24.0 Å². The van der Waals surface area contributed by atoms with Crippen molar-refractivity contribution >= 4 is 35.2 Å². The molecule has 0 atom stereocenters. The van der Waals surface area contributed by atoms with E-state index in [2.05, 4.69) is 10.7 Å². The van der Waals surface area contributed by atoms with Gasteiger partial charge >= 0.3 is 0 Å². The van der Waals surface area contributed by atoms with E-state index in [1.165, 1.54) is 18.2 Å². The number of nitrogens with zero attached hydrogens (tertiary/aromatic N) is 1. The highest BCUT2D eigenvalue weighted by molar-refractivity contribution is 6.31. The maximum atomic E-state index is 12.7. The molecule has 8 nitrogen and oxygen atoms in total. The van der Waals surface area contributed by atoms with Crippen molar-refractivity contribution < 1.29 is 23.9 Å². The molecule has 3 aromatic carbocycles. The largest absolute Gasteiger partial charge is 0.493 e. The number of benzene rings is 3. The molecule has 166 valence electrons. The lowest BCUT2D eigenvalue weighted by Crippen LogP contribution is -2.35. The second-order valence-corrected chi connectivity index (χ2v) is 7.09. The molecule has 4 rings (SSSR count). The van der Waals surface area contributed by atoms with Gasteiger partial charge in [-0.05, 0) is 48.0 Å². The van der Waals surface area contributed by atoms with Gasteiger partial charge in [0.2, 0.25) is 0 Å². The van der Waals surface area contributed by atoms with E-state index >= 15 is 0 Å². The van der Waals surface area contributed by atoms with Crippen molar-refractivity contribution in [1.29, 1.82) is 0 Å². The fraction of sp³-hybridized carbons (Fsp3) is 0.0800. The van der Waals surface area contributed by atoms with Crippen molar-refractivity contribution in [2.24, 2.45) is 0 Å². The summed E-state index contributed by atoms with van der Waals surface area (Å²) in [5.41, 5.74) is 4.36. The standard InChI is InChI=1S/C25H21N3O5/c1-32-22-15-17(12-13-21(22)33-16-23(29)26-18-8-4-2-5-9-18)14-20-24(30)27-28(25(20)31)19-10-6-3-7-11-19/h2-15H,16H2,1H3,(H,26,29)(H,27,30). The van der Waals surface area contributed by atoms with E-state index in [1.54, 1.807) is 54.6 Å². The fourth-order valence-electron chi connectivity index (χ4n) is 3.24. The lowest BCUT2D eigenvalue weighted by atomic mass is 10.1. The summed E-state index contributed by atoms with van der Waals surface area (Å²) in [6.07, 6.45) is 1.48.